The topological polar surface area (TPSA) is 164 Å². The summed E-state index contributed by atoms with van der Waals surface area (Å²) in [4.78, 5) is 44.4. The minimum absolute atomic E-state index is 0.0725. The molecular formula is C45H60N4O7. The summed E-state index contributed by atoms with van der Waals surface area (Å²) < 4.78 is 5.66. The van der Waals surface area contributed by atoms with E-state index in [2.05, 4.69) is 46.5 Å². The Morgan fingerprint density at radius 1 is 1.02 bits per heavy atom. The Labute approximate surface area is 331 Å². The number of unbranched alkanes of at least 4 members (excludes halogenated alkanes) is 1. The summed E-state index contributed by atoms with van der Waals surface area (Å²) >= 11 is 0. The molecule has 2 heterocycles. The number of likely N-dealkylation sites (N-methyl/N-ethyl adjacent to an activating group) is 1. The van der Waals surface area contributed by atoms with E-state index < -0.39 is 18.3 Å². The molecule has 1 aromatic heterocycles. The number of allylic oxidation sites excluding steroid dienone is 2. The smallest absolute Gasteiger partial charge is 0.311 e. The molecule has 5 rings (SSSR count). The summed E-state index contributed by atoms with van der Waals surface area (Å²) in [6.07, 6.45) is 9.26. The van der Waals surface area contributed by atoms with Crippen molar-refractivity contribution in [1.82, 2.24) is 15.2 Å². The van der Waals surface area contributed by atoms with Gasteiger partial charge in [0, 0.05) is 42.1 Å². The van der Waals surface area contributed by atoms with Gasteiger partial charge in [0.1, 0.15) is 5.75 Å². The molecule has 302 valence electrons. The van der Waals surface area contributed by atoms with E-state index in [-0.39, 0.29) is 36.0 Å². The van der Waals surface area contributed by atoms with Gasteiger partial charge >= 0.3 is 5.97 Å². The monoisotopic (exact) mass is 768 g/mol. The molecule has 1 saturated carbocycles. The number of H-pyrrole nitrogens is 1. The number of esters is 1. The molecule has 2 aromatic carbocycles. The molecule has 1 fully saturated rings. The van der Waals surface area contributed by atoms with Crippen molar-refractivity contribution in [3.8, 4) is 5.75 Å². The lowest BCUT2D eigenvalue weighted by Crippen LogP contribution is -2.35. The quantitative estimate of drug-likeness (QED) is 0.0255. The van der Waals surface area contributed by atoms with Crippen molar-refractivity contribution in [1.29, 1.82) is 0 Å². The Morgan fingerprint density at radius 2 is 1.77 bits per heavy atom. The molecule has 1 aliphatic heterocycles. The number of anilines is 1. The summed E-state index contributed by atoms with van der Waals surface area (Å²) in [5.41, 5.74) is 5.50. The second kappa shape index (κ2) is 20.6. The van der Waals surface area contributed by atoms with Crippen molar-refractivity contribution >= 4 is 35.1 Å². The van der Waals surface area contributed by atoms with E-state index in [1.54, 1.807) is 24.3 Å². The number of rotatable bonds is 20. The Morgan fingerprint density at radius 3 is 2.52 bits per heavy atom. The van der Waals surface area contributed by atoms with Crippen molar-refractivity contribution in [2.45, 2.75) is 104 Å². The molecule has 2 aliphatic rings. The van der Waals surface area contributed by atoms with E-state index in [4.69, 9.17) is 4.74 Å². The molecule has 0 unspecified atom stereocenters. The fraction of sp³-hybridized carbons (Fsp3) is 0.489. The molecule has 3 aromatic rings. The van der Waals surface area contributed by atoms with Gasteiger partial charge < -0.3 is 40.6 Å². The normalized spacial score (nSPS) is 20.5. The van der Waals surface area contributed by atoms with Crippen LogP contribution in [0.4, 0.5) is 5.69 Å². The molecule has 0 radical (unpaired) electrons. The zero-order chi connectivity index (χ0) is 40.2. The number of nitrogens with one attached hydrogen (secondary N) is 3. The first-order chi connectivity index (χ1) is 27.0. The predicted molar refractivity (Wildman–Crippen MR) is 220 cm³/mol. The van der Waals surface area contributed by atoms with Crippen molar-refractivity contribution in [3.05, 3.63) is 94.3 Å². The highest BCUT2D eigenvalue weighted by molar-refractivity contribution is 6.35. The molecule has 6 N–H and O–H groups in total. The van der Waals surface area contributed by atoms with Gasteiger partial charge in [0.25, 0.3) is 11.8 Å². The first-order valence-corrected chi connectivity index (χ1v) is 20.3. The molecule has 56 heavy (non-hydrogen) atoms. The second-order valence-electron chi connectivity index (χ2n) is 15.2. The lowest BCUT2D eigenvalue weighted by Gasteiger charge is -2.23. The Kier molecular flexibility index (Phi) is 15.6. The third-order valence-electron chi connectivity index (χ3n) is 11.4. The van der Waals surface area contributed by atoms with Crippen molar-refractivity contribution < 1.29 is 34.4 Å². The molecule has 11 nitrogen and oxygen atoms in total. The summed E-state index contributed by atoms with van der Waals surface area (Å²) in [5, 5.41) is 37.8. The van der Waals surface area contributed by atoms with Crippen molar-refractivity contribution in [2.24, 2.45) is 11.8 Å². The number of ether oxygens (including phenoxy) is 1. The number of hydrogen-bond donors (Lipinski definition) is 6. The van der Waals surface area contributed by atoms with Crippen LogP contribution in [0.5, 0.6) is 5.75 Å². The number of nitrogens with zero attached hydrogens (tertiary/aromatic N) is 1. The second-order valence-corrected chi connectivity index (χ2v) is 15.2. The van der Waals surface area contributed by atoms with Gasteiger partial charge in [-0.1, -0.05) is 56.3 Å². The number of benzene rings is 2. The average molecular weight is 769 g/mol. The number of hydrogen-bond acceptors (Lipinski definition) is 8. The molecule has 11 heteroatoms. The Bertz CT molecular complexity index is 1850. The number of carbonyl (C=O) groups is 3. The van der Waals surface area contributed by atoms with Gasteiger partial charge in [0.05, 0.1) is 29.4 Å². The van der Waals surface area contributed by atoms with E-state index in [9.17, 15) is 29.7 Å². The molecular weight excluding hydrogens is 709 g/mol. The molecule has 0 bridgehead atoms. The zero-order valence-corrected chi connectivity index (χ0v) is 33.4. The highest BCUT2D eigenvalue weighted by Gasteiger charge is 2.40. The molecule has 0 spiro atoms. The van der Waals surface area contributed by atoms with E-state index in [1.165, 1.54) is 5.56 Å². The molecule has 2 amide bonds. The van der Waals surface area contributed by atoms with E-state index in [1.807, 2.05) is 44.2 Å². The number of carbonyl (C=O) groups excluding carboxylic acids is 3. The van der Waals surface area contributed by atoms with Crippen LogP contribution in [-0.2, 0) is 16.0 Å². The Balaban J connectivity index is 1.09. The van der Waals surface area contributed by atoms with Crippen molar-refractivity contribution in [2.75, 3.05) is 31.5 Å². The summed E-state index contributed by atoms with van der Waals surface area (Å²) in [7, 11) is 0. The number of aliphatic hydroxyl groups excluding tert-OH is 3. The highest BCUT2D eigenvalue weighted by Crippen LogP contribution is 2.39. The van der Waals surface area contributed by atoms with Crippen molar-refractivity contribution in [3.63, 3.8) is 0 Å². The number of fused-ring (bicyclic) bond motifs is 1. The third kappa shape index (κ3) is 11.3. The first-order valence-electron chi connectivity index (χ1n) is 20.3. The minimum atomic E-state index is -0.586. The van der Waals surface area contributed by atoms with Gasteiger partial charge in [-0.3, -0.25) is 14.4 Å². The molecule has 0 saturated heterocycles. The lowest BCUT2D eigenvalue weighted by molar-refractivity contribution is -0.134. The van der Waals surface area contributed by atoms with Crippen LogP contribution in [0.25, 0.3) is 11.6 Å². The average Bonchev–Trinajstić information content (AvgIpc) is 3.75. The summed E-state index contributed by atoms with van der Waals surface area (Å²) in [6.45, 7) is 11.0. The zero-order valence-electron chi connectivity index (χ0n) is 33.4. The lowest BCUT2D eigenvalue weighted by atomic mass is 9.85. The Hall–Kier alpha value is -4.55. The van der Waals surface area contributed by atoms with Gasteiger partial charge in [-0.2, -0.15) is 0 Å². The van der Waals surface area contributed by atoms with E-state index >= 15 is 0 Å². The SMILES string of the molecule is CCN(CC)CCNC(=O)c1c(C)[nH]c(/C=C2\C(=O)Nc3ccc(OC(=O)CCC/C=C\C[C@@H]4[C@@H](CC[C@@H](O)CCc5ccccc5)[C@H](O)C[C@@H]4O)cc32)c1C. The first kappa shape index (κ1) is 42.6. The van der Waals surface area contributed by atoms with Crippen LogP contribution in [0.1, 0.15) is 104 Å². The fourth-order valence-corrected chi connectivity index (χ4v) is 8.06. The van der Waals surface area contributed by atoms with Crippen LogP contribution in [0, 0.1) is 25.7 Å². The highest BCUT2D eigenvalue weighted by atomic mass is 16.5. The van der Waals surface area contributed by atoms with Crippen LogP contribution in [0.3, 0.4) is 0 Å². The fourth-order valence-electron chi connectivity index (χ4n) is 8.06. The van der Waals surface area contributed by atoms with Gasteiger partial charge in [0.15, 0.2) is 0 Å². The number of aliphatic hydroxyl groups is 3. The maximum absolute atomic E-state index is 13.1. The maximum atomic E-state index is 13.1. The molecule has 1 aliphatic carbocycles. The van der Waals surface area contributed by atoms with E-state index in [0.717, 1.165) is 31.6 Å². The standard InChI is InChI=1S/C45H60N4O7/c1-5-49(6-2)25-24-46-45(55)43-29(3)39(47-30(43)4)27-37-36-26-33(21-23-38(36)48-44(37)54)56-42(53)17-13-8-7-12-16-34-35(41(52)28-40(34)51)22-20-32(50)19-18-31-14-10-9-11-15-31/h7,9-12,14-15,21,23,26-27,32,34-35,40-41,47,50-52H,5-6,8,13,16-20,22,24-25,28H2,1-4H3,(H,46,55)(H,48,54)/b12-7-,37-27-/t32-,34+,35+,40-,41+/m0/s1. The largest absolute Gasteiger partial charge is 0.427 e. The molecule has 5 atom stereocenters. The number of aryl methyl sites for hydroxylation is 2. The predicted octanol–water partition coefficient (Wildman–Crippen LogP) is 6.35. The maximum Gasteiger partial charge on any atom is 0.311 e. The van der Waals surface area contributed by atoms with Gasteiger partial charge in [-0.05, 0) is 126 Å². The third-order valence-corrected chi connectivity index (χ3v) is 11.4. The summed E-state index contributed by atoms with van der Waals surface area (Å²) in [6, 6.07) is 15.1. The van der Waals surface area contributed by atoms with Crippen LogP contribution in [-0.4, -0.2) is 87.5 Å². The van der Waals surface area contributed by atoms with E-state index in [0.29, 0.717) is 91.0 Å². The number of aromatic amines is 1. The van der Waals surface area contributed by atoms with Crippen LogP contribution >= 0.6 is 0 Å². The summed E-state index contributed by atoms with van der Waals surface area (Å²) in [5.74, 6) is -0.635. The van der Waals surface area contributed by atoms with Gasteiger partial charge in [-0.15, -0.1) is 0 Å². The van der Waals surface area contributed by atoms with Gasteiger partial charge in [0.2, 0.25) is 0 Å². The minimum Gasteiger partial charge on any atom is -0.427 e. The van der Waals surface area contributed by atoms with Gasteiger partial charge in [-0.25, -0.2) is 0 Å². The number of amides is 2. The number of aromatic nitrogens is 1. The van der Waals surface area contributed by atoms with Crippen LogP contribution in [0.2, 0.25) is 0 Å². The van der Waals surface area contributed by atoms with Crippen LogP contribution < -0.4 is 15.4 Å². The van der Waals surface area contributed by atoms with Crippen LogP contribution in [0.15, 0.2) is 60.7 Å².